The number of nitrogens with two attached hydrogens (primary N) is 1. The van der Waals surface area contributed by atoms with Crippen molar-refractivity contribution in [1.82, 2.24) is 10.7 Å². The first-order valence-corrected chi connectivity index (χ1v) is 18.9. The lowest BCUT2D eigenvalue weighted by atomic mass is 9.43. The summed E-state index contributed by atoms with van der Waals surface area (Å²) in [6, 6.07) is 5.54. The van der Waals surface area contributed by atoms with Crippen LogP contribution in [0.3, 0.4) is 0 Å². The number of guanidine groups is 1. The van der Waals surface area contributed by atoms with E-state index in [-0.39, 0.29) is 83.6 Å². The number of rotatable bonds is 17. The molecule has 49 heavy (non-hydrogen) atoms. The fraction of sp³-hybridized carbons (Fsp3) is 0.697. The van der Waals surface area contributed by atoms with E-state index in [1.807, 2.05) is 0 Å². The monoisotopic (exact) mass is 703 g/mol. The first-order chi connectivity index (χ1) is 22.8. The third-order valence-electron chi connectivity index (χ3n) is 10.6. The minimum Gasteiger partial charge on any atom is -0.404 e. The highest BCUT2D eigenvalue weighted by atomic mass is 32.2. The van der Waals surface area contributed by atoms with Crippen molar-refractivity contribution in [3.63, 3.8) is 0 Å². The zero-order chi connectivity index (χ0) is 36.3. The number of hydrogen-bond donors (Lipinski definition) is 3. The molecule has 1 amide bonds. The summed E-state index contributed by atoms with van der Waals surface area (Å²) in [5.41, 5.74) is 7.29. The van der Waals surface area contributed by atoms with Crippen molar-refractivity contribution in [3.8, 4) is 0 Å². The molecule has 14 nitrogen and oxygen atoms in total. The summed E-state index contributed by atoms with van der Waals surface area (Å²) in [7, 11) is -4.06. The summed E-state index contributed by atoms with van der Waals surface area (Å²) in [5, 5.41) is 12.9. The highest BCUT2D eigenvalue weighted by molar-refractivity contribution is 7.90. The van der Waals surface area contributed by atoms with Gasteiger partial charge in [0.2, 0.25) is 5.91 Å². The van der Waals surface area contributed by atoms with E-state index in [1.165, 1.54) is 24.3 Å². The molecule has 2 bridgehead atoms. The Morgan fingerprint density at radius 1 is 1.14 bits per heavy atom. The number of aliphatic imine (C=N–C) groups is 1. The van der Waals surface area contributed by atoms with E-state index in [0.717, 1.165) is 19.1 Å². The standard InChI is InChI=1S/C33H50BN5O9S/c1-20(2)16-29(34-47-28-19-23-18-27(32(23,3)4)33(28,5)48-34)37-30(42)22(8-7-15-36-31(35)38-39(43)44)17-24(40)11-14-26(41)21-9-12-25(13-10-21)49(6,45)46/h9-10,12-13,20,22-23,27-29H,7-8,11,14-19H2,1-6H3,(H,37,42)(H3,35,36,38)/t22-,23-,27-,28-,29+,33+/m1/s1. The molecule has 0 spiro atoms. The molecule has 1 saturated heterocycles. The van der Waals surface area contributed by atoms with Crippen LogP contribution in [-0.2, 0) is 28.7 Å². The molecule has 4 aliphatic rings. The minimum absolute atomic E-state index is 0.0607. The van der Waals surface area contributed by atoms with Crippen molar-refractivity contribution in [2.45, 2.75) is 109 Å². The molecule has 0 unspecified atom stereocenters. The molecule has 1 heterocycles. The van der Waals surface area contributed by atoms with Crippen LogP contribution < -0.4 is 16.5 Å². The van der Waals surface area contributed by atoms with Crippen LogP contribution in [-0.4, -0.2) is 74.4 Å². The third-order valence-corrected chi connectivity index (χ3v) is 11.8. The van der Waals surface area contributed by atoms with Crippen LogP contribution >= 0.6 is 0 Å². The van der Waals surface area contributed by atoms with E-state index < -0.39 is 39.4 Å². The smallest absolute Gasteiger partial charge is 0.404 e. The third kappa shape index (κ3) is 9.25. The number of nitro groups is 1. The number of carbonyl (C=O) groups is 3. The van der Waals surface area contributed by atoms with Crippen LogP contribution in [0, 0.1) is 39.2 Å². The average molecular weight is 704 g/mol. The van der Waals surface area contributed by atoms with Gasteiger partial charge in [-0.3, -0.25) is 14.4 Å². The predicted molar refractivity (Wildman–Crippen MR) is 184 cm³/mol. The summed E-state index contributed by atoms with van der Waals surface area (Å²) >= 11 is 0. The van der Waals surface area contributed by atoms with Crippen molar-refractivity contribution in [2.75, 3.05) is 12.8 Å². The number of hydrazine groups is 1. The number of sulfone groups is 1. The first-order valence-electron chi connectivity index (χ1n) is 17.0. The maximum absolute atomic E-state index is 13.9. The van der Waals surface area contributed by atoms with E-state index in [2.05, 4.69) is 44.9 Å². The molecule has 3 saturated carbocycles. The number of ketones is 2. The van der Waals surface area contributed by atoms with Crippen LogP contribution in [0.1, 0.15) is 96.3 Å². The topological polar surface area (TPSA) is 209 Å². The number of Topliss-reactive ketones (excluding diaryl/α,β-unsaturated/α-hetero) is 2. The predicted octanol–water partition coefficient (Wildman–Crippen LogP) is 3.30. The lowest BCUT2D eigenvalue weighted by Crippen LogP contribution is -2.65. The summed E-state index contributed by atoms with van der Waals surface area (Å²) in [5.74, 6) is -1.40. The second kappa shape index (κ2) is 15.3. The van der Waals surface area contributed by atoms with Crippen molar-refractivity contribution < 1.29 is 37.1 Å². The maximum atomic E-state index is 13.9. The number of nitrogens with zero attached hydrogens (tertiary/aromatic N) is 2. The van der Waals surface area contributed by atoms with Gasteiger partial charge in [-0.15, -0.1) is 0 Å². The Balaban J connectivity index is 1.42. The quantitative estimate of drug-likeness (QED) is 0.0408. The first kappa shape index (κ1) is 38.4. The highest BCUT2D eigenvalue weighted by Crippen LogP contribution is 2.65. The van der Waals surface area contributed by atoms with Gasteiger partial charge in [0.15, 0.2) is 20.7 Å². The number of nitrogens with one attached hydrogen (secondary N) is 2. The molecular formula is C33H50BN5O9S. The van der Waals surface area contributed by atoms with Crippen molar-refractivity contribution >= 4 is 40.4 Å². The molecule has 0 aromatic heterocycles. The molecule has 5 rings (SSSR count). The van der Waals surface area contributed by atoms with Crippen LogP contribution in [0.5, 0.6) is 0 Å². The van der Waals surface area contributed by atoms with E-state index >= 15 is 0 Å². The molecule has 1 aromatic rings. The Morgan fingerprint density at radius 2 is 1.82 bits per heavy atom. The number of amides is 1. The molecular weight excluding hydrogens is 653 g/mol. The van der Waals surface area contributed by atoms with Gasteiger partial charge in [0.1, 0.15) is 5.78 Å². The summed E-state index contributed by atoms with van der Waals surface area (Å²) in [4.78, 5) is 54.5. The maximum Gasteiger partial charge on any atom is 0.481 e. The van der Waals surface area contributed by atoms with Gasteiger partial charge in [-0.25, -0.2) is 23.5 Å². The summed E-state index contributed by atoms with van der Waals surface area (Å²) in [6.45, 7) is 10.9. The van der Waals surface area contributed by atoms with E-state index in [9.17, 15) is 32.9 Å². The minimum atomic E-state index is -3.42. The van der Waals surface area contributed by atoms with Gasteiger partial charge in [-0.05, 0) is 74.3 Å². The fourth-order valence-electron chi connectivity index (χ4n) is 7.77. The van der Waals surface area contributed by atoms with Gasteiger partial charge in [0.25, 0.3) is 5.96 Å². The molecule has 6 atom stereocenters. The molecule has 3 aliphatic carbocycles. The van der Waals surface area contributed by atoms with Gasteiger partial charge in [-0.2, -0.15) is 0 Å². The van der Waals surface area contributed by atoms with Crippen molar-refractivity contribution in [3.05, 3.63) is 39.9 Å². The van der Waals surface area contributed by atoms with Crippen molar-refractivity contribution in [2.24, 2.45) is 39.8 Å². The van der Waals surface area contributed by atoms with Gasteiger partial charge in [-0.1, -0.05) is 45.3 Å². The van der Waals surface area contributed by atoms with Crippen LogP contribution in [0.2, 0.25) is 0 Å². The Kier molecular flexibility index (Phi) is 12.0. The molecule has 1 aromatic carbocycles. The molecule has 1 aliphatic heterocycles. The zero-order valence-electron chi connectivity index (χ0n) is 29.3. The van der Waals surface area contributed by atoms with Gasteiger partial charge in [0, 0.05) is 43.5 Å². The summed E-state index contributed by atoms with van der Waals surface area (Å²) in [6.07, 6.45) is 3.85. The van der Waals surface area contributed by atoms with E-state index in [0.29, 0.717) is 24.7 Å². The lowest BCUT2D eigenvalue weighted by molar-refractivity contribution is -0.525. The Hall–Kier alpha value is -3.37. The van der Waals surface area contributed by atoms with Gasteiger partial charge >= 0.3 is 7.12 Å². The molecule has 4 N–H and O–H groups in total. The molecule has 4 fully saturated rings. The van der Waals surface area contributed by atoms with Crippen LogP contribution in [0.25, 0.3) is 0 Å². The lowest BCUT2D eigenvalue weighted by Gasteiger charge is -2.64. The molecule has 0 radical (unpaired) electrons. The number of carbonyl (C=O) groups excluding carboxylic acids is 3. The zero-order valence-corrected chi connectivity index (χ0v) is 30.1. The van der Waals surface area contributed by atoms with Gasteiger partial charge < -0.3 is 20.4 Å². The van der Waals surface area contributed by atoms with Gasteiger partial charge in [0.05, 0.1) is 22.5 Å². The molecule has 16 heteroatoms. The SMILES string of the molecule is CC(C)C[C@H](NC(=O)[C@H](CCCN=C(N)N[N+](=O)[O-])CC(=O)CCC(=O)c1ccc(S(C)(=O)=O)cc1)B1O[C@@H]2C[C@H]3C[C@H](C3(C)C)[C@]2(C)O1. The highest BCUT2D eigenvalue weighted by Gasteiger charge is 2.68. The van der Waals surface area contributed by atoms with E-state index in [1.54, 1.807) is 5.43 Å². The average Bonchev–Trinajstić information content (AvgIpc) is 3.37. The Labute approximate surface area is 288 Å². The Bertz CT molecular complexity index is 1550. The van der Waals surface area contributed by atoms with Crippen LogP contribution in [0.4, 0.5) is 0 Å². The van der Waals surface area contributed by atoms with Crippen molar-refractivity contribution in [1.29, 1.82) is 0 Å². The number of benzene rings is 1. The fourth-order valence-corrected chi connectivity index (χ4v) is 8.40. The van der Waals surface area contributed by atoms with Crippen LogP contribution in [0.15, 0.2) is 34.2 Å². The number of hydrogen-bond acceptors (Lipinski definition) is 10. The largest absolute Gasteiger partial charge is 0.481 e. The second-order valence-electron chi connectivity index (χ2n) is 15.0. The second-order valence-corrected chi connectivity index (χ2v) is 17.0. The van der Waals surface area contributed by atoms with E-state index in [4.69, 9.17) is 15.0 Å². The normalized spacial score (nSPS) is 25.6. The molecule has 270 valence electrons. The Morgan fingerprint density at radius 3 is 2.41 bits per heavy atom. The summed E-state index contributed by atoms with van der Waals surface area (Å²) < 4.78 is 36.7.